The minimum atomic E-state index is 0.840. The van der Waals surface area contributed by atoms with E-state index in [0.29, 0.717) is 0 Å². The zero-order valence-corrected chi connectivity index (χ0v) is 13.4. The zero-order chi connectivity index (χ0) is 13.8. The number of nitrogens with one attached hydrogen (secondary N) is 1. The summed E-state index contributed by atoms with van der Waals surface area (Å²) in [5.74, 6) is 0. The summed E-state index contributed by atoms with van der Waals surface area (Å²) in [5, 5.41) is 3.82. The molecule has 3 rings (SSSR count). The fourth-order valence-corrected chi connectivity index (χ4v) is 4.99. The van der Waals surface area contributed by atoms with Gasteiger partial charge in [0.15, 0.2) is 0 Å². The molecular formula is C18H34N2. The van der Waals surface area contributed by atoms with Crippen molar-refractivity contribution in [3.8, 4) is 0 Å². The molecule has 3 aliphatic rings. The van der Waals surface area contributed by atoms with Gasteiger partial charge in [0.1, 0.15) is 0 Å². The van der Waals surface area contributed by atoms with Gasteiger partial charge in [-0.05, 0) is 51.5 Å². The second-order valence-corrected chi connectivity index (χ2v) is 7.50. The Kier molecular flexibility index (Phi) is 5.39. The monoisotopic (exact) mass is 278 g/mol. The molecule has 0 radical (unpaired) electrons. The molecule has 2 unspecified atom stereocenters. The standard InChI is InChI=1S/C18H34N2/c1-2-12-20(17-8-6-4-3-5-7-9-17)18-13-15-10-11-16(14-18)19-15/h15-19H,2-14H2,1H3. The first-order chi connectivity index (χ1) is 9.86. The Labute approximate surface area is 125 Å². The topological polar surface area (TPSA) is 15.3 Å². The highest BCUT2D eigenvalue weighted by atomic mass is 15.2. The maximum Gasteiger partial charge on any atom is 0.0128 e. The van der Waals surface area contributed by atoms with Crippen LogP contribution >= 0.6 is 0 Å². The lowest BCUT2D eigenvalue weighted by Crippen LogP contribution is -2.52. The summed E-state index contributed by atoms with van der Waals surface area (Å²) in [4.78, 5) is 2.96. The number of nitrogens with zero attached hydrogens (tertiary/aromatic N) is 1. The minimum absolute atomic E-state index is 0.840. The lowest BCUT2D eigenvalue weighted by Gasteiger charge is -2.43. The van der Waals surface area contributed by atoms with Gasteiger partial charge in [-0.2, -0.15) is 0 Å². The molecule has 2 saturated heterocycles. The highest BCUT2D eigenvalue weighted by Gasteiger charge is 2.37. The molecule has 116 valence electrons. The van der Waals surface area contributed by atoms with E-state index in [1.54, 1.807) is 0 Å². The number of hydrogen-bond donors (Lipinski definition) is 1. The molecule has 20 heavy (non-hydrogen) atoms. The van der Waals surface area contributed by atoms with E-state index >= 15 is 0 Å². The predicted octanol–water partition coefficient (Wildman–Crippen LogP) is 4.09. The smallest absolute Gasteiger partial charge is 0.0128 e. The molecule has 2 heteroatoms. The third-order valence-electron chi connectivity index (χ3n) is 5.94. The van der Waals surface area contributed by atoms with E-state index in [1.165, 1.54) is 83.6 Å². The molecule has 0 aromatic rings. The van der Waals surface area contributed by atoms with Crippen molar-refractivity contribution in [3.05, 3.63) is 0 Å². The third-order valence-corrected chi connectivity index (χ3v) is 5.94. The van der Waals surface area contributed by atoms with Gasteiger partial charge in [0.05, 0.1) is 0 Å². The molecule has 2 nitrogen and oxygen atoms in total. The van der Waals surface area contributed by atoms with Crippen molar-refractivity contribution in [2.24, 2.45) is 0 Å². The Morgan fingerprint density at radius 1 is 0.800 bits per heavy atom. The number of rotatable bonds is 4. The summed E-state index contributed by atoms with van der Waals surface area (Å²) in [6.45, 7) is 3.71. The summed E-state index contributed by atoms with van der Waals surface area (Å²) in [7, 11) is 0. The molecule has 1 aliphatic carbocycles. The first kappa shape index (κ1) is 14.8. The lowest BCUT2D eigenvalue weighted by molar-refractivity contribution is 0.0785. The van der Waals surface area contributed by atoms with Gasteiger partial charge in [-0.15, -0.1) is 0 Å². The molecule has 2 atom stereocenters. The molecule has 0 aromatic heterocycles. The average molecular weight is 278 g/mol. The van der Waals surface area contributed by atoms with E-state index in [-0.39, 0.29) is 0 Å². The highest BCUT2D eigenvalue weighted by Crippen LogP contribution is 2.33. The molecule has 1 N–H and O–H groups in total. The van der Waals surface area contributed by atoms with Crippen LogP contribution in [0.2, 0.25) is 0 Å². The van der Waals surface area contributed by atoms with Crippen LogP contribution < -0.4 is 5.32 Å². The Hall–Kier alpha value is -0.0800. The third kappa shape index (κ3) is 3.57. The minimum Gasteiger partial charge on any atom is -0.311 e. The van der Waals surface area contributed by atoms with Crippen LogP contribution in [0.25, 0.3) is 0 Å². The molecular weight excluding hydrogens is 244 g/mol. The molecule has 2 bridgehead atoms. The SMILES string of the molecule is CCCN(C1CCCCCCC1)C1CC2CCC(C1)N2. The Morgan fingerprint density at radius 3 is 2.00 bits per heavy atom. The van der Waals surface area contributed by atoms with E-state index in [2.05, 4.69) is 17.1 Å². The van der Waals surface area contributed by atoms with Gasteiger partial charge in [-0.25, -0.2) is 0 Å². The first-order valence-electron chi connectivity index (χ1n) is 9.38. The summed E-state index contributed by atoms with van der Waals surface area (Å²) in [6.07, 6.45) is 17.4. The number of fused-ring (bicyclic) bond motifs is 2. The molecule has 1 saturated carbocycles. The fourth-order valence-electron chi connectivity index (χ4n) is 4.99. The second kappa shape index (κ2) is 7.26. The zero-order valence-electron chi connectivity index (χ0n) is 13.4. The van der Waals surface area contributed by atoms with Gasteiger partial charge in [-0.3, -0.25) is 4.90 Å². The predicted molar refractivity (Wildman–Crippen MR) is 86.1 cm³/mol. The van der Waals surface area contributed by atoms with Crippen LogP contribution in [0.1, 0.15) is 84.0 Å². The molecule has 2 heterocycles. The van der Waals surface area contributed by atoms with Crippen LogP contribution in [-0.4, -0.2) is 35.6 Å². The average Bonchev–Trinajstić information content (AvgIpc) is 2.75. The quantitative estimate of drug-likeness (QED) is 0.833. The van der Waals surface area contributed by atoms with Crippen LogP contribution in [0.4, 0.5) is 0 Å². The van der Waals surface area contributed by atoms with Gasteiger partial charge < -0.3 is 5.32 Å². The van der Waals surface area contributed by atoms with Crippen LogP contribution in [0, 0.1) is 0 Å². The maximum atomic E-state index is 3.82. The van der Waals surface area contributed by atoms with E-state index in [4.69, 9.17) is 0 Å². The van der Waals surface area contributed by atoms with Crippen LogP contribution in [0.3, 0.4) is 0 Å². The fraction of sp³-hybridized carbons (Fsp3) is 1.00. The van der Waals surface area contributed by atoms with Crippen molar-refractivity contribution in [2.75, 3.05) is 6.54 Å². The molecule has 0 aromatic carbocycles. The van der Waals surface area contributed by atoms with E-state index in [0.717, 1.165) is 24.2 Å². The van der Waals surface area contributed by atoms with Crippen LogP contribution in [-0.2, 0) is 0 Å². The van der Waals surface area contributed by atoms with E-state index < -0.39 is 0 Å². The van der Waals surface area contributed by atoms with Gasteiger partial charge in [0, 0.05) is 24.2 Å². The summed E-state index contributed by atoms with van der Waals surface area (Å²) >= 11 is 0. The highest BCUT2D eigenvalue weighted by molar-refractivity contribution is 4.97. The summed E-state index contributed by atoms with van der Waals surface area (Å²) < 4.78 is 0. The van der Waals surface area contributed by atoms with E-state index in [1.807, 2.05) is 0 Å². The first-order valence-corrected chi connectivity index (χ1v) is 9.38. The second-order valence-electron chi connectivity index (χ2n) is 7.50. The van der Waals surface area contributed by atoms with Crippen molar-refractivity contribution in [3.63, 3.8) is 0 Å². The molecule has 0 amide bonds. The van der Waals surface area contributed by atoms with Crippen molar-refractivity contribution < 1.29 is 0 Å². The Bertz CT molecular complexity index is 271. The summed E-state index contributed by atoms with van der Waals surface area (Å²) in [6, 6.07) is 3.47. The van der Waals surface area contributed by atoms with E-state index in [9.17, 15) is 0 Å². The maximum absolute atomic E-state index is 3.82. The van der Waals surface area contributed by atoms with Gasteiger partial charge >= 0.3 is 0 Å². The van der Waals surface area contributed by atoms with Crippen molar-refractivity contribution in [2.45, 2.75) is 108 Å². The van der Waals surface area contributed by atoms with Crippen molar-refractivity contribution >= 4 is 0 Å². The molecule has 0 spiro atoms. The van der Waals surface area contributed by atoms with Crippen molar-refractivity contribution in [1.29, 1.82) is 0 Å². The van der Waals surface area contributed by atoms with Crippen molar-refractivity contribution in [1.82, 2.24) is 10.2 Å². The largest absolute Gasteiger partial charge is 0.311 e. The number of hydrogen-bond acceptors (Lipinski definition) is 2. The Morgan fingerprint density at radius 2 is 1.40 bits per heavy atom. The Balaban J connectivity index is 1.63. The molecule has 2 aliphatic heterocycles. The van der Waals surface area contributed by atoms with Crippen LogP contribution in [0.15, 0.2) is 0 Å². The molecule has 3 fully saturated rings. The summed E-state index contributed by atoms with van der Waals surface area (Å²) in [5.41, 5.74) is 0. The van der Waals surface area contributed by atoms with Gasteiger partial charge in [0.2, 0.25) is 0 Å². The number of piperidine rings is 1. The van der Waals surface area contributed by atoms with Gasteiger partial charge in [-0.1, -0.05) is 39.0 Å². The van der Waals surface area contributed by atoms with Crippen LogP contribution in [0.5, 0.6) is 0 Å². The van der Waals surface area contributed by atoms with Gasteiger partial charge in [0.25, 0.3) is 0 Å². The normalized spacial score (nSPS) is 36.0. The lowest BCUT2D eigenvalue weighted by atomic mass is 9.91.